The van der Waals surface area contributed by atoms with E-state index in [1.807, 2.05) is 0 Å². The quantitative estimate of drug-likeness (QED) is 0.649. The maximum absolute atomic E-state index is 13.0. The summed E-state index contributed by atoms with van der Waals surface area (Å²) >= 11 is 0. The van der Waals surface area contributed by atoms with Crippen molar-refractivity contribution >= 4 is 11.7 Å². The number of carboxylic acid groups (broad SMARTS) is 1. The predicted molar refractivity (Wildman–Crippen MR) is 53.3 cm³/mol. The standard InChI is InChI=1S/C9H4FN3O5/c10-4-1-2-6(13(16)17)5(3-4)8-11-7(9(14)15)12-18-8/h1-3H,(H,14,15). The van der Waals surface area contributed by atoms with Crippen LogP contribution in [0, 0.1) is 15.9 Å². The van der Waals surface area contributed by atoms with Gasteiger partial charge in [0.05, 0.1) is 4.92 Å². The topological polar surface area (TPSA) is 119 Å². The molecule has 2 rings (SSSR count). The second-order valence-electron chi connectivity index (χ2n) is 3.15. The molecule has 0 radical (unpaired) electrons. The Morgan fingerprint density at radius 2 is 2.22 bits per heavy atom. The van der Waals surface area contributed by atoms with Crippen LogP contribution in [0.3, 0.4) is 0 Å². The van der Waals surface area contributed by atoms with Gasteiger partial charge in [0.25, 0.3) is 17.4 Å². The van der Waals surface area contributed by atoms with Crippen LogP contribution in [0.5, 0.6) is 0 Å². The SMILES string of the molecule is O=C(O)c1noc(-c2cc(F)ccc2[N+](=O)[O-])n1. The second-order valence-corrected chi connectivity index (χ2v) is 3.15. The number of benzene rings is 1. The number of hydrogen-bond donors (Lipinski definition) is 1. The summed E-state index contributed by atoms with van der Waals surface area (Å²) in [5.74, 6) is -3.29. The molecule has 1 N–H and O–H groups in total. The summed E-state index contributed by atoms with van der Waals surface area (Å²) < 4.78 is 17.6. The van der Waals surface area contributed by atoms with Crippen molar-refractivity contribution in [2.24, 2.45) is 0 Å². The van der Waals surface area contributed by atoms with Crippen molar-refractivity contribution in [1.29, 1.82) is 0 Å². The van der Waals surface area contributed by atoms with Crippen LogP contribution < -0.4 is 0 Å². The molecule has 0 unspecified atom stereocenters. The van der Waals surface area contributed by atoms with Gasteiger partial charge in [0.15, 0.2) is 0 Å². The molecular weight excluding hydrogens is 249 g/mol. The van der Waals surface area contributed by atoms with Crippen LogP contribution in [0.25, 0.3) is 11.5 Å². The predicted octanol–water partition coefficient (Wildman–Crippen LogP) is 1.48. The monoisotopic (exact) mass is 253 g/mol. The van der Waals surface area contributed by atoms with Gasteiger partial charge in [-0.1, -0.05) is 0 Å². The number of aromatic carboxylic acids is 1. The van der Waals surface area contributed by atoms with Crippen LogP contribution in [-0.4, -0.2) is 26.1 Å². The number of nitro benzene ring substituents is 1. The minimum absolute atomic E-state index is 0.278. The Hall–Kier alpha value is -2.84. The molecule has 0 aliphatic rings. The number of halogens is 1. The molecule has 8 nitrogen and oxygen atoms in total. The molecule has 0 atom stereocenters. The number of carbonyl (C=O) groups is 1. The number of aromatic nitrogens is 2. The van der Waals surface area contributed by atoms with Crippen LogP contribution in [0.15, 0.2) is 22.7 Å². The van der Waals surface area contributed by atoms with E-state index in [9.17, 15) is 19.3 Å². The molecule has 0 aliphatic heterocycles. The average Bonchev–Trinajstić information content (AvgIpc) is 2.77. The fraction of sp³-hybridized carbons (Fsp3) is 0. The van der Waals surface area contributed by atoms with E-state index in [2.05, 4.69) is 14.7 Å². The lowest BCUT2D eigenvalue weighted by molar-refractivity contribution is -0.384. The van der Waals surface area contributed by atoms with E-state index in [0.717, 1.165) is 18.2 Å². The Bertz CT molecular complexity index is 639. The maximum Gasteiger partial charge on any atom is 0.377 e. The lowest BCUT2D eigenvalue weighted by atomic mass is 10.2. The highest BCUT2D eigenvalue weighted by atomic mass is 19.1. The highest BCUT2D eigenvalue weighted by molar-refractivity contribution is 5.83. The normalized spacial score (nSPS) is 10.3. The Labute approximate surface area is 97.8 Å². The number of rotatable bonds is 3. The van der Waals surface area contributed by atoms with Gasteiger partial charge in [-0.25, -0.2) is 9.18 Å². The first kappa shape index (κ1) is 11.6. The van der Waals surface area contributed by atoms with Gasteiger partial charge < -0.3 is 9.63 Å². The molecule has 0 amide bonds. The van der Waals surface area contributed by atoms with E-state index in [1.165, 1.54) is 0 Å². The summed E-state index contributed by atoms with van der Waals surface area (Å²) in [6.07, 6.45) is 0. The zero-order valence-corrected chi connectivity index (χ0v) is 8.53. The van der Waals surface area contributed by atoms with Gasteiger partial charge in [-0.15, -0.1) is 0 Å². The number of nitrogens with zero attached hydrogens (tertiary/aromatic N) is 3. The number of hydrogen-bond acceptors (Lipinski definition) is 6. The van der Waals surface area contributed by atoms with Crippen LogP contribution >= 0.6 is 0 Å². The van der Waals surface area contributed by atoms with E-state index in [-0.39, 0.29) is 5.56 Å². The Kier molecular flexibility index (Phi) is 2.72. The highest BCUT2D eigenvalue weighted by Crippen LogP contribution is 2.29. The van der Waals surface area contributed by atoms with E-state index in [4.69, 9.17) is 5.11 Å². The molecule has 18 heavy (non-hydrogen) atoms. The molecule has 1 aromatic heterocycles. The fourth-order valence-corrected chi connectivity index (χ4v) is 1.26. The minimum atomic E-state index is -1.45. The molecule has 0 aliphatic carbocycles. The van der Waals surface area contributed by atoms with E-state index in [0.29, 0.717) is 0 Å². The van der Waals surface area contributed by atoms with Crippen molar-refractivity contribution < 1.29 is 23.7 Å². The first-order valence-corrected chi connectivity index (χ1v) is 4.50. The maximum atomic E-state index is 13.0. The molecule has 92 valence electrons. The second kappa shape index (κ2) is 4.20. The van der Waals surface area contributed by atoms with Gasteiger partial charge in [-0.3, -0.25) is 10.1 Å². The summed E-state index contributed by atoms with van der Waals surface area (Å²) in [6.45, 7) is 0. The third-order valence-electron chi connectivity index (χ3n) is 2.00. The minimum Gasteiger partial charge on any atom is -0.475 e. The summed E-state index contributed by atoms with van der Waals surface area (Å²) in [6, 6.07) is 2.64. The zero-order chi connectivity index (χ0) is 13.3. The van der Waals surface area contributed by atoms with Crippen molar-refractivity contribution in [3.05, 3.63) is 40.0 Å². The van der Waals surface area contributed by atoms with E-state index in [1.54, 1.807) is 0 Å². The summed E-state index contributed by atoms with van der Waals surface area (Å²) in [7, 11) is 0. The van der Waals surface area contributed by atoms with Gasteiger partial charge in [0, 0.05) is 6.07 Å². The van der Waals surface area contributed by atoms with Crippen LogP contribution in [-0.2, 0) is 0 Å². The molecule has 1 aromatic carbocycles. The van der Waals surface area contributed by atoms with Crippen molar-refractivity contribution in [3.63, 3.8) is 0 Å². The molecular formula is C9H4FN3O5. The molecule has 0 fully saturated rings. The van der Waals surface area contributed by atoms with Crippen molar-refractivity contribution in [2.75, 3.05) is 0 Å². The van der Waals surface area contributed by atoms with Crippen LogP contribution in [0.4, 0.5) is 10.1 Å². The zero-order valence-electron chi connectivity index (χ0n) is 8.53. The molecule has 0 bridgehead atoms. The Balaban J connectivity index is 2.57. The summed E-state index contributed by atoms with van der Waals surface area (Å²) in [4.78, 5) is 23.9. The molecule has 0 saturated carbocycles. The van der Waals surface area contributed by atoms with E-state index < -0.39 is 34.1 Å². The highest BCUT2D eigenvalue weighted by Gasteiger charge is 2.23. The van der Waals surface area contributed by atoms with Gasteiger partial charge in [0.1, 0.15) is 11.4 Å². The summed E-state index contributed by atoms with van der Waals surface area (Å²) in [5, 5.41) is 22.4. The molecule has 9 heteroatoms. The fourth-order valence-electron chi connectivity index (χ4n) is 1.26. The third kappa shape index (κ3) is 2.00. The Morgan fingerprint density at radius 3 is 2.78 bits per heavy atom. The molecule has 2 aromatic rings. The van der Waals surface area contributed by atoms with Gasteiger partial charge in [-0.2, -0.15) is 4.98 Å². The van der Waals surface area contributed by atoms with Crippen LogP contribution in [0.2, 0.25) is 0 Å². The Morgan fingerprint density at radius 1 is 1.50 bits per heavy atom. The first-order chi connectivity index (χ1) is 8.49. The summed E-state index contributed by atoms with van der Waals surface area (Å²) in [5.41, 5.74) is -0.739. The number of carboxylic acids is 1. The smallest absolute Gasteiger partial charge is 0.377 e. The largest absolute Gasteiger partial charge is 0.475 e. The lowest BCUT2D eigenvalue weighted by Gasteiger charge is -1.97. The number of nitro groups is 1. The van der Waals surface area contributed by atoms with Crippen molar-refractivity contribution in [2.45, 2.75) is 0 Å². The van der Waals surface area contributed by atoms with Gasteiger partial charge in [-0.05, 0) is 17.3 Å². The average molecular weight is 253 g/mol. The molecule has 1 heterocycles. The van der Waals surface area contributed by atoms with E-state index >= 15 is 0 Å². The third-order valence-corrected chi connectivity index (χ3v) is 2.00. The van der Waals surface area contributed by atoms with Crippen LogP contribution in [0.1, 0.15) is 10.6 Å². The molecule has 0 saturated heterocycles. The lowest BCUT2D eigenvalue weighted by Crippen LogP contribution is -1.98. The molecule has 0 spiro atoms. The van der Waals surface area contributed by atoms with Gasteiger partial charge in [0.2, 0.25) is 0 Å². The van der Waals surface area contributed by atoms with Crippen molar-refractivity contribution in [1.82, 2.24) is 10.1 Å². The van der Waals surface area contributed by atoms with Gasteiger partial charge >= 0.3 is 5.97 Å². The first-order valence-electron chi connectivity index (χ1n) is 4.50. The van der Waals surface area contributed by atoms with Crippen molar-refractivity contribution in [3.8, 4) is 11.5 Å².